The van der Waals surface area contributed by atoms with Crippen molar-refractivity contribution in [1.82, 2.24) is 4.98 Å². The van der Waals surface area contributed by atoms with Crippen LogP contribution in [0.2, 0.25) is 5.02 Å². The third kappa shape index (κ3) is 2.21. The minimum Gasteiger partial charge on any atom is -0.357 e. The molecule has 1 N–H and O–H groups in total. The molecule has 1 atom stereocenters. The van der Waals surface area contributed by atoms with Gasteiger partial charge in [0.1, 0.15) is 5.82 Å². The topological polar surface area (TPSA) is 42.8 Å². The van der Waals surface area contributed by atoms with Gasteiger partial charge in [0.05, 0.1) is 15.6 Å². The van der Waals surface area contributed by atoms with Crippen LogP contribution in [0.3, 0.4) is 0 Å². The van der Waals surface area contributed by atoms with Crippen LogP contribution in [0.5, 0.6) is 0 Å². The van der Waals surface area contributed by atoms with Gasteiger partial charge in [0, 0.05) is 25.7 Å². The first-order chi connectivity index (χ1) is 7.72. The largest absolute Gasteiger partial charge is 0.357 e. The summed E-state index contributed by atoms with van der Waals surface area (Å²) in [7, 11) is 0. The number of halogens is 1. The molecule has 0 spiro atoms. The fraction of sp³-hybridized carbons (Fsp3) is 0.455. The molecule has 1 unspecified atom stereocenters. The minimum absolute atomic E-state index is 0.447. The zero-order chi connectivity index (χ0) is 11.5. The predicted molar refractivity (Wildman–Crippen MR) is 67.2 cm³/mol. The molecule has 1 aliphatic rings. The number of hydrogen-bond donors (Lipinski definition) is 1. The average Bonchev–Trinajstić information content (AvgIpc) is 2.71. The number of nitrogens with one attached hydrogen (secondary N) is 1. The van der Waals surface area contributed by atoms with Crippen molar-refractivity contribution in [3.05, 3.63) is 21.8 Å². The van der Waals surface area contributed by atoms with E-state index < -0.39 is 0 Å². The lowest BCUT2D eigenvalue weighted by molar-refractivity contribution is 0.605. The molecule has 0 radical (unpaired) electrons. The zero-order valence-corrected chi connectivity index (χ0v) is 10.3. The molecule has 2 heterocycles. The van der Waals surface area contributed by atoms with Gasteiger partial charge in [-0.1, -0.05) is 23.8 Å². The Kier molecular flexibility index (Phi) is 3.47. The highest BCUT2D eigenvalue weighted by molar-refractivity contribution is 7.71. The lowest BCUT2D eigenvalue weighted by atomic mass is 10.1. The summed E-state index contributed by atoms with van der Waals surface area (Å²) in [6.07, 6.45) is 3.46. The standard InChI is InChI=1S/C11H12ClN3S/c12-10-9(16)2-5-14-11(10)15-6-3-8(7-15)1-4-13/h2,5,8H,1,3,6-7H2,(H,14,16). The average molecular weight is 254 g/mol. The lowest BCUT2D eigenvalue weighted by Crippen LogP contribution is -2.21. The summed E-state index contributed by atoms with van der Waals surface area (Å²) in [4.78, 5) is 5.29. The molecule has 0 aromatic carbocycles. The predicted octanol–water partition coefficient (Wildman–Crippen LogP) is 3.14. The van der Waals surface area contributed by atoms with Gasteiger partial charge in [-0.3, -0.25) is 0 Å². The SMILES string of the molecule is N#CCC1CCN(c2[nH]ccc(=S)c2Cl)C1. The molecule has 1 saturated heterocycles. The number of pyridine rings is 1. The molecule has 1 aliphatic heterocycles. The van der Waals surface area contributed by atoms with Crippen LogP contribution in [0.15, 0.2) is 12.3 Å². The van der Waals surface area contributed by atoms with Gasteiger partial charge in [-0.25, -0.2) is 0 Å². The first-order valence-corrected chi connectivity index (χ1v) is 6.00. The molecule has 84 valence electrons. The van der Waals surface area contributed by atoms with Gasteiger partial charge in [0.25, 0.3) is 0 Å². The van der Waals surface area contributed by atoms with Gasteiger partial charge in [-0.2, -0.15) is 5.26 Å². The van der Waals surface area contributed by atoms with E-state index in [4.69, 9.17) is 29.1 Å². The molecule has 3 nitrogen and oxygen atoms in total. The Morgan fingerprint density at radius 1 is 1.69 bits per heavy atom. The van der Waals surface area contributed by atoms with Crippen LogP contribution < -0.4 is 4.90 Å². The van der Waals surface area contributed by atoms with Crippen molar-refractivity contribution >= 4 is 29.6 Å². The Morgan fingerprint density at radius 3 is 3.25 bits per heavy atom. The Balaban J connectivity index is 2.18. The van der Waals surface area contributed by atoms with Crippen LogP contribution in [-0.2, 0) is 0 Å². The van der Waals surface area contributed by atoms with Gasteiger partial charge >= 0.3 is 0 Å². The van der Waals surface area contributed by atoms with Crippen molar-refractivity contribution in [2.24, 2.45) is 5.92 Å². The summed E-state index contributed by atoms with van der Waals surface area (Å²) in [5.41, 5.74) is 0. The summed E-state index contributed by atoms with van der Waals surface area (Å²) >= 11 is 11.3. The zero-order valence-electron chi connectivity index (χ0n) is 8.74. The Labute approximate surface area is 105 Å². The molecule has 2 rings (SSSR count). The second-order valence-electron chi connectivity index (χ2n) is 3.97. The Bertz CT molecular complexity index is 477. The lowest BCUT2D eigenvalue weighted by Gasteiger charge is -2.19. The van der Waals surface area contributed by atoms with Gasteiger partial charge in [0.2, 0.25) is 0 Å². The third-order valence-corrected chi connectivity index (χ3v) is 3.70. The molecule has 0 aliphatic carbocycles. The van der Waals surface area contributed by atoms with E-state index in [1.165, 1.54) is 0 Å². The normalized spacial score (nSPS) is 19.8. The van der Waals surface area contributed by atoms with E-state index in [0.717, 1.165) is 25.3 Å². The van der Waals surface area contributed by atoms with Crippen LogP contribution in [0.4, 0.5) is 5.82 Å². The molecule has 0 saturated carbocycles. The molecule has 0 amide bonds. The number of hydrogen-bond acceptors (Lipinski definition) is 3. The smallest absolute Gasteiger partial charge is 0.126 e. The number of H-pyrrole nitrogens is 1. The maximum atomic E-state index is 8.66. The van der Waals surface area contributed by atoms with Crippen molar-refractivity contribution in [2.75, 3.05) is 18.0 Å². The molecular weight excluding hydrogens is 242 g/mol. The van der Waals surface area contributed by atoms with Gasteiger partial charge < -0.3 is 9.88 Å². The summed E-state index contributed by atoms with van der Waals surface area (Å²) < 4.78 is 0.666. The Hall–Kier alpha value is -1.05. The van der Waals surface area contributed by atoms with Gasteiger partial charge in [-0.05, 0) is 18.4 Å². The van der Waals surface area contributed by atoms with Gasteiger partial charge in [0.15, 0.2) is 0 Å². The van der Waals surface area contributed by atoms with Crippen LogP contribution in [0.25, 0.3) is 0 Å². The molecular formula is C11H12ClN3S. The minimum atomic E-state index is 0.447. The fourth-order valence-corrected chi connectivity index (χ4v) is 2.41. The number of aromatic nitrogens is 1. The number of nitrogens with zero attached hydrogens (tertiary/aromatic N) is 2. The van der Waals surface area contributed by atoms with Crippen molar-refractivity contribution in [1.29, 1.82) is 5.26 Å². The molecule has 5 heteroatoms. The van der Waals surface area contributed by atoms with E-state index in [1.807, 2.05) is 0 Å². The number of aromatic amines is 1. The maximum absolute atomic E-state index is 8.66. The highest BCUT2D eigenvalue weighted by Gasteiger charge is 2.24. The first kappa shape index (κ1) is 11.4. The van der Waals surface area contributed by atoms with Crippen molar-refractivity contribution in [3.63, 3.8) is 0 Å². The third-order valence-electron chi connectivity index (χ3n) is 2.86. The second-order valence-corrected chi connectivity index (χ2v) is 4.79. The van der Waals surface area contributed by atoms with E-state index in [2.05, 4.69) is 16.0 Å². The number of nitriles is 1. The monoisotopic (exact) mass is 253 g/mol. The summed E-state index contributed by atoms with van der Waals surface area (Å²) in [6, 6.07) is 4.00. The quantitative estimate of drug-likeness (QED) is 0.824. The van der Waals surface area contributed by atoms with E-state index in [0.29, 0.717) is 21.9 Å². The van der Waals surface area contributed by atoms with Crippen LogP contribution >= 0.6 is 23.8 Å². The van der Waals surface area contributed by atoms with E-state index in [-0.39, 0.29) is 0 Å². The molecule has 0 bridgehead atoms. The summed E-state index contributed by atoms with van der Waals surface area (Å²) in [6.45, 7) is 1.81. The van der Waals surface area contributed by atoms with Crippen molar-refractivity contribution in [3.8, 4) is 6.07 Å². The van der Waals surface area contributed by atoms with Crippen LogP contribution in [-0.4, -0.2) is 18.1 Å². The highest BCUT2D eigenvalue weighted by Crippen LogP contribution is 2.29. The van der Waals surface area contributed by atoms with E-state index in [9.17, 15) is 0 Å². The number of anilines is 1. The molecule has 1 fully saturated rings. The van der Waals surface area contributed by atoms with Gasteiger partial charge in [-0.15, -0.1) is 0 Å². The van der Waals surface area contributed by atoms with Crippen molar-refractivity contribution in [2.45, 2.75) is 12.8 Å². The highest BCUT2D eigenvalue weighted by atomic mass is 35.5. The fourth-order valence-electron chi connectivity index (χ4n) is 2.01. The van der Waals surface area contributed by atoms with Crippen molar-refractivity contribution < 1.29 is 0 Å². The molecule has 16 heavy (non-hydrogen) atoms. The number of rotatable bonds is 2. The van der Waals surface area contributed by atoms with E-state index in [1.54, 1.807) is 12.3 Å². The summed E-state index contributed by atoms with van der Waals surface area (Å²) in [5.74, 6) is 1.33. The summed E-state index contributed by atoms with van der Waals surface area (Å²) in [5, 5.41) is 9.27. The van der Waals surface area contributed by atoms with Crippen LogP contribution in [0.1, 0.15) is 12.8 Å². The van der Waals surface area contributed by atoms with E-state index >= 15 is 0 Å². The van der Waals surface area contributed by atoms with Crippen LogP contribution in [0, 0.1) is 21.8 Å². The molecule has 1 aromatic heterocycles. The second kappa shape index (κ2) is 4.86. The first-order valence-electron chi connectivity index (χ1n) is 5.21. The molecule has 1 aromatic rings. The maximum Gasteiger partial charge on any atom is 0.126 e. The Morgan fingerprint density at radius 2 is 2.50 bits per heavy atom.